The number of benzene rings is 2. The third-order valence-electron chi connectivity index (χ3n) is 3.94. The first-order chi connectivity index (χ1) is 14.8. The van der Waals surface area contributed by atoms with Gasteiger partial charge in [-0.25, -0.2) is 0 Å². The number of halogens is 1. The minimum Gasteiger partial charge on any atom is -0.480 e. The van der Waals surface area contributed by atoms with Gasteiger partial charge in [-0.1, -0.05) is 17.7 Å². The molecule has 0 spiro atoms. The summed E-state index contributed by atoms with van der Waals surface area (Å²) in [6.07, 6.45) is 2.54. The molecule has 0 amide bonds. The summed E-state index contributed by atoms with van der Waals surface area (Å²) in [6, 6.07) is 16.9. The number of ether oxygens (including phenoxy) is 1. The van der Waals surface area contributed by atoms with Crippen LogP contribution in [0.1, 0.15) is 18.7 Å². The summed E-state index contributed by atoms with van der Waals surface area (Å²) in [5.41, 5.74) is 6.70. The topological polar surface area (TPSA) is 100 Å². The first kappa shape index (κ1) is 24.2. The van der Waals surface area contributed by atoms with Crippen molar-refractivity contribution >= 4 is 45.0 Å². The Hall–Kier alpha value is -3.05. The van der Waals surface area contributed by atoms with E-state index in [1.807, 2.05) is 31.3 Å². The fourth-order valence-electron chi connectivity index (χ4n) is 2.50. The highest BCUT2D eigenvalue weighted by atomic mass is 35.5. The van der Waals surface area contributed by atoms with E-state index < -0.39 is 5.60 Å². The lowest BCUT2D eigenvalue weighted by atomic mass is 10.2. The van der Waals surface area contributed by atoms with Crippen molar-refractivity contribution in [2.24, 2.45) is 5.73 Å². The van der Waals surface area contributed by atoms with Crippen molar-refractivity contribution in [3.63, 3.8) is 0 Å². The van der Waals surface area contributed by atoms with Gasteiger partial charge in [-0.3, -0.25) is 4.79 Å². The highest BCUT2D eigenvalue weighted by Crippen LogP contribution is 2.30. The number of nitrogens with two attached hydrogens (primary N) is 1. The summed E-state index contributed by atoms with van der Waals surface area (Å²) in [5, 5.41) is 16.8. The van der Waals surface area contributed by atoms with Gasteiger partial charge in [-0.15, -0.1) is 11.3 Å². The lowest BCUT2D eigenvalue weighted by Crippen LogP contribution is -2.29. The lowest BCUT2D eigenvalue weighted by molar-refractivity contribution is -0.118. The van der Waals surface area contributed by atoms with Gasteiger partial charge in [0, 0.05) is 39.2 Å². The van der Waals surface area contributed by atoms with Gasteiger partial charge in [0.15, 0.2) is 11.9 Å². The Morgan fingerprint density at radius 2 is 2.00 bits per heavy atom. The normalized spacial score (nSPS) is 11.3. The van der Waals surface area contributed by atoms with Crippen LogP contribution in [0.15, 0.2) is 60.4 Å². The van der Waals surface area contributed by atoms with Crippen molar-refractivity contribution in [3.05, 3.63) is 70.3 Å². The van der Waals surface area contributed by atoms with E-state index in [9.17, 15) is 4.79 Å². The molecule has 0 radical (unpaired) electrons. The van der Waals surface area contributed by atoms with Gasteiger partial charge in [-0.2, -0.15) is 5.26 Å². The Balaban J connectivity index is 0.000000233. The molecule has 31 heavy (non-hydrogen) atoms. The maximum atomic E-state index is 10.5. The maximum Gasteiger partial charge on any atom is 0.162 e. The van der Waals surface area contributed by atoms with Crippen LogP contribution in [0, 0.1) is 11.3 Å². The molecule has 1 aromatic heterocycles. The van der Waals surface area contributed by atoms with Crippen LogP contribution >= 0.6 is 22.9 Å². The average Bonchev–Trinajstić information content (AvgIpc) is 3.18. The van der Waals surface area contributed by atoms with Crippen LogP contribution in [-0.2, 0) is 4.79 Å². The zero-order valence-electron chi connectivity index (χ0n) is 17.6. The summed E-state index contributed by atoms with van der Waals surface area (Å²) in [7, 11) is 1.85. The number of thiophene rings is 1. The number of hydrogen-bond acceptors (Lipinski definition) is 7. The monoisotopic (exact) mass is 456 g/mol. The van der Waals surface area contributed by atoms with Crippen LogP contribution in [0.3, 0.4) is 0 Å². The molecule has 0 atom stereocenters. The first-order valence-electron chi connectivity index (χ1n) is 9.47. The number of rotatable bonds is 7. The predicted molar refractivity (Wildman–Crippen MR) is 129 cm³/mol. The number of nitriles is 1. The molecule has 4 N–H and O–H groups in total. The number of nitrogens with one attached hydrogen (secondary N) is 2. The molecule has 0 saturated heterocycles. The molecule has 0 bridgehead atoms. The Morgan fingerprint density at radius 3 is 2.61 bits per heavy atom. The second kappa shape index (κ2) is 11.4. The summed E-state index contributed by atoms with van der Waals surface area (Å²) in [6.45, 7) is 4.04. The van der Waals surface area contributed by atoms with Crippen LogP contribution in [0.25, 0.3) is 10.1 Å². The summed E-state index contributed by atoms with van der Waals surface area (Å²) < 4.78 is 6.47. The molecule has 3 rings (SSSR count). The Bertz CT molecular complexity index is 1090. The molecule has 6 nitrogen and oxygen atoms in total. The van der Waals surface area contributed by atoms with Gasteiger partial charge in [0.05, 0.1) is 0 Å². The van der Waals surface area contributed by atoms with Crippen molar-refractivity contribution in [3.8, 4) is 11.8 Å². The summed E-state index contributed by atoms with van der Waals surface area (Å²) in [5.74, 6) is 0.640. The van der Waals surface area contributed by atoms with E-state index in [-0.39, 0.29) is 0 Å². The predicted octanol–water partition coefficient (Wildman–Crippen LogP) is 4.90. The van der Waals surface area contributed by atoms with E-state index in [0.717, 1.165) is 27.8 Å². The number of fused-ring (bicyclic) bond motifs is 1. The molecule has 162 valence electrons. The molecular weight excluding hydrogens is 432 g/mol. The number of aldehydes is 1. The van der Waals surface area contributed by atoms with Crippen LogP contribution in [0.2, 0.25) is 5.02 Å². The number of nitrogens with zero attached hydrogens (tertiary/aromatic N) is 1. The van der Waals surface area contributed by atoms with Crippen molar-refractivity contribution in [2.75, 3.05) is 18.9 Å². The fourth-order valence-corrected chi connectivity index (χ4v) is 3.51. The first-order valence-corrected chi connectivity index (χ1v) is 10.7. The van der Waals surface area contributed by atoms with E-state index in [1.54, 1.807) is 44.3 Å². The second-order valence-electron chi connectivity index (χ2n) is 7.11. The molecule has 2 aromatic carbocycles. The van der Waals surface area contributed by atoms with E-state index in [0.29, 0.717) is 22.2 Å². The average molecular weight is 457 g/mol. The number of likely N-dealkylation sites (N-methyl/N-ethyl adjacent to an activating group) is 1. The molecular formula is C23H25ClN4O2S. The minimum atomic E-state index is -0.784. The minimum absolute atomic E-state index is 0.635. The Labute approximate surface area is 191 Å². The van der Waals surface area contributed by atoms with Crippen LogP contribution in [0.4, 0.5) is 5.69 Å². The number of carbonyl (C=O) groups excluding carboxylic acids is 1. The van der Waals surface area contributed by atoms with Gasteiger partial charge in [-0.05, 0) is 63.4 Å². The standard InChI is InChI=1S/C13H14N4S.C10H11ClO2/c1-16-7-9(15)8-17-12-3-2-4-13-11(12)5-10(6-14)18-13;1-10(2,7-12)13-9-5-3-8(11)4-6-9/h2-5,8,16-17H,7,15H2,1H3;3-7H,1-2H3/b9-8-;. The highest BCUT2D eigenvalue weighted by Gasteiger charge is 2.17. The molecule has 0 aliphatic carbocycles. The smallest absolute Gasteiger partial charge is 0.162 e. The van der Waals surface area contributed by atoms with Gasteiger partial charge >= 0.3 is 0 Å². The molecule has 0 saturated carbocycles. The van der Waals surface area contributed by atoms with E-state index in [4.69, 9.17) is 27.3 Å². The molecule has 0 fully saturated rings. The molecule has 1 heterocycles. The zero-order valence-corrected chi connectivity index (χ0v) is 19.2. The Kier molecular flexibility index (Phi) is 8.88. The van der Waals surface area contributed by atoms with E-state index in [2.05, 4.69) is 16.7 Å². The van der Waals surface area contributed by atoms with Crippen molar-refractivity contribution in [1.29, 1.82) is 5.26 Å². The van der Waals surface area contributed by atoms with Crippen molar-refractivity contribution in [1.82, 2.24) is 5.32 Å². The van der Waals surface area contributed by atoms with Crippen LogP contribution in [-0.4, -0.2) is 25.5 Å². The van der Waals surface area contributed by atoms with Gasteiger partial charge in [0.25, 0.3) is 0 Å². The molecule has 0 aliphatic heterocycles. The SMILES string of the molecule is CC(C)(C=O)Oc1ccc(Cl)cc1.CNC/C(N)=C/Nc1cccc2sc(C#N)cc12. The third kappa shape index (κ3) is 7.61. The molecule has 0 unspecified atom stereocenters. The lowest BCUT2D eigenvalue weighted by Gasteiger charge is -2.19. The molecule has 3 aromatic rings. The van der Waals surface area contributed by atoms with Gasteiger partial charge < -0.3 is 21.1 Å². The van der Waals surface area contributed by atoms with Crippen LogP contribution in [0.5, 0.6) is 5.75 Å². The van der Waals surface area contributed by atoms with E-state index >= 15 is 0 Å². The van der Waals surface area contributed by atoms with E-state index in [1.165, 1.54) is 11.3 Å². The second-order valence-corrected chi connectivity index (χ2v) is 8.63. The number of carbonyl (C=O) groups is 1. The summed E-state index contributed by atoms with van der Waals surface area (Å²) in [4.78, 5) is 11.3. The molecule has 0 aliphatic rings. The molecule has 8 heteroatoms. The van der Waals surface area contributed by atoms with Crippen molar-refractivity contribution in [2.45, 2.75) is 19.4 Å². The van der Waals surface area contributed by atoms with Gasteiger partial charge in [0.2, 0.25) is 0 Å². The largest absolute Gasteiger partial charge is 0.480 e. The number of anilines is 1. The van der Waals surface area contributed by atoms with Gasteiger partial charge in [0.1, 0.15) is 16.7 Å². The number of hydrogen-bond donors (Lipinski definition) is 3. The Morgan fingerprint density at radius 1 is 1.29 bits per heavy atom. The van der Waals surface area contributed by atoms with Crippen molar-refractivity contribution < 1.29 is 9.53 Å². The zero-order chi connectivity index (χ0) is 22.9. The fraction of sp³-hybridized carbons (Fsp3) is 0.217. The maximum absolute atomic E-state index is 10.5. The summed E-state index contributed by atoms with van der Waals surface area (Å²) >= 11 is 7.18. The quantitative estimate of drug-likeness (QED) is 0.437. The van der Waals surface area contributed by atoms with Crippen LogP contribution < -0.4 is 21.1 Å². The third-order valence-corrected chi connectivity index (χ3v) is 5.20. The highest BCUT2D eigenvalue weighted by molar-refractivity contribution is 7.19.